The Labute approximate surface area is 151 Å². The normalized spacial score (nSPS) is 11.9. The Morgan fingerprint density at radius 2 is 1.80 bits per heavy atom. The lowest BCUT2D eigenvalue weighted by molar-refractivity contribution is 0.524. The summed E-state index contributed by atoms with van der Waals surface area (Å²) in [5, 5.41) is 6.37. The van der Waals surface area contributed by atoms with Crippen LogP contribution in [0.2, 0.25) is 5.02 Å². The van der Waals surface area contributed by atoms with E-state index >= 15 is 0 Å². The van der Waals surface area contributed by atoms with Crippen molar-refractivity contribution in [2.75, 3.05) is 0 Å². The summed E-state index contributed by atoms with van der Waals surface area (Å²) in [5.41, 5.74) is 5.21. The van der Waals surface area contributed by atoms with Crippen LogP contribution in [0.5, 0.6) is 0 Å². The quantitative estimate of drug-likeness (QED) is 0.537. The van der Waals surface area contributed by atoms with E-state index in [1.54, 1.807) is 10.8 Å². The van der Waals surface area contributed by atoms with Crippen LogP contribution in [0, 0.1) is 19.8 Å². The molecule has 0 amide bonds. The summed E-state index contributed by atoms with van der Waals surface area (Å²) >= 11 is 5.98. The largest absolute Gasteiger partial charge is 0.329 e. The molecule has 0 fully saturated rings. The molecule has 0 aliphatic rings. The summed E-state index contributed by atoms with van der Waals surface area (Å²) in [5.74, 6) is 1.23. The van der Waals surface area contributed by atoms with Crippen molar-refractivity contribution < 1.29 is 0 Å². The number of benzene rings is 1. The van der Waals surface area contributed by atoms with Gasteiger partial charge in [0, 0.05) is 22.8 Å². The Bertz CT molecular complexity index is 1070. The number of aromatic nitrogens is 5. The highest BCUT2D eigenvalue weighted by atomic mass is 35.5. The monoisotopic (exact) mass is 353 g/mol. The minimum Gasteiger partial charge on any atom is -0.329 e. The minimum atomic E-state index is 0.550. The van der Waals surface area contributed by atoms with E-state index in [9.17, 15) is 0 Å². The van der Waals surface area contributed by atoms with Crippen molar-refractivity contribution in [3.8, 4) is 11.4 Å². The first-order chi connectivity index (χ1) is 12.0. The molecule has 3 heterocycles. The lowest BCUT2D eigenvalue weighted by atomic mass is 10.2. The summed E-state index contributed by atoms with van der Waals surface area (Å²) in [7, 11) is 0. The predicted molar refractivity (Wildman–Crippen MR) is 101 cm³/mol. The number of fused-ring (bicyclic) bond motifs is 3. The number of halogens is 1. The van der Waals surface area contributed by atoms with Crippen molar-refractivity contribution in [3.63, 3.8) is 0 Å². The van der Waals surface area contributed by atoms with E-state index in [4.69, 9.17) is 16.6 Å². The first kappa shape index (κ1) is 16.1. The molecule has 0 saturated heterocycles. The molecule has 0 N–H and O–H groups in total. The van der Waals surface area contributed by atoms with Crippen LogP contribution in [0.3, 0.4) is 0 Å². The molecule has 0 radical (unpaired) electrons. The predicted octanol–water partition coefficient (Wildman–Crippen LogP) is 4.67. The van der Waals surface area contributed by atoms with Gasteiger partial charge in [0.25, 0.3) is 0 Å². The van der Waals surface area contributed by atoms with Gasteiger partial charge in [-0.3, -0.25) is 0 Å². The topological polar surface area (TPSA) is 48.0 Å². The average Bonchev–Trinajstić information content (AvgIpc) is 3.10. The summed E-state index contributed by atoms with van der Waals surface area (Å²) in [6.07, 6.45) is 1.75. The molecule has 3 aromatic heterocycles. The van der Waals surface area contributed by atoms with Gasteiger partial charge in [-0.15, -0.1) is 5.10 Å². The zero-order valence-corrected chi connectivity index (χ0v) is 15.5. The molecular weight excluding hydrogens is 334 g/mol. The van der Waals surface area contributed by atoms with Gasteiger partial charge in [-0.1, -0.05) is 25.4 Å². The van der Waals surface area contributed by atoms with E-state index < -0.39 is 0 Å². The molecule has 25 heavy (non-hydrogen) atoms. The number of aryl methyl sites for hydroxylation is 1. The maximum absolute atomic E-state index is 5.98. The van der Waals surface area contributed by atoms with E-state index in [-0.39, 0.29) is 0 Å². The third-order valence-electron chi connectivity index (χ3n) is 4.60. The molecule has 0 aliphatic carbocycles. The van der Waals surface area contributed by atoms with Crippen LogP contribution in [-0.2, 0) is 6.54 Å². The highest BCUT2D eigenvalue weighted by Crippen LogP contribution is 2.29. The van der Waals surface area contributed by atoms with Crippen LogP contribution >= 0.6 is 11.6 Å². The van der Waals surface area contributed by atoms with Gasteiger partial charge in [0.2, 0.25) is 0 Å². The van der Waals surface area contributed by atoms with Crippen molar-refractivity contribution >= 4 is 28.3 Å². The molecule has 6 heteroatoms. The second kappa shape index (κ2) is 5.85. The molecule has 0 aliphatic heterocycles. The fraction of sp³-hybridized carbons (Fsp3) is 0.316. The maximum atomic E-state index is 5.98. The minimum absolute atomic E-state index is 0.550. The molecule has 0 unspecified atom stereocenters. The van der Waals surface area contributed by atoms with Crippen molar-refractivity contribution in [1.29, 1.82) is 0 Å². The van der Waals surface area contributed by atoms with E-state index in [1.807, 2.05) is 24.3 Å². The molecule has 0 atom stereocenters. The summed E-state index contributed by atoms with van der Waals surface area (Å²) in [6, 6.07) is 7.57. The molecule has 0 saturated carbocycles. The summed E-state index contributed by atoms with van der Waals surface area (Å²) in [4.78, 5) is 9.46. The fourth-order valence-corrected chi connectivity index (χ4v) is 3.37. The Hall–Kier alpha value is -2.40. The standard InChI is InChI=1S/C19H20ClN5/c1-11(2)9-24-13(4)12(3)16-18(24)21-10-25-19(16)22-17(23-25)14-5-7-15(20)8-6-14/h5-8,10-11H,9H2,1-4H3. The molecule has 0 bridgehead atoms. The Morgan fingerprint density at radius 3 is 2.48 bits per heavy atom. The van der Waals surface area contributed by atoms with Crippen LogP contribution in [0.15, 0.2) is 30.6 Å². The maximum Gasteiger partial charge on any atom is 0.182 e. The zero-order valence-electron chi connectivity index (χ0n) is 14.8. The van der Waals surface area contributed by atoms with E-state index in [0.717, 1.165) is 28.8 Å². The molecule has 5 nitrogen and oxygen atoms in total. The van der Waals surface area contributed by atoms with E-state index in [0.29, 0.717) is 16.8 Å². The van der Waals surface area contributed by atoms with E-state index in [1.165, 1.54) is 11.3 Å². The molecule has 1 aromatic carbocycles. The molecule has 4 rings (SSSR count). The summed E-state index contributed by atoms with van der Waals surface area (Å²) < 4.78 is 4.05. The first-order valence-electron chi connectivity index (χ1n) is 8.42. The number of rotatable bonds is 3. The Kier molecular flexibility index (Phi) is 3.76. The third-order valence-corrected chi connectivity index (χ3v) is 4.85. The third kappa shape index (κ3) is 2.59. The van der Waals surface area contributed by atoms with Gasteiger partial charge < -0.3 is 4.57 Å². The van der Waals surface area contributed by atoms with Crippen molar-refractivity contribution in [2.45, 2.75) is 34.2 Å². The smallest absolute Gasteiger partial charge is 0.182 e. The molecule has 128 valence electrons. The van der Waals surface area contributed by atoms with Crippen molar-refractivity contribution in [1.82, 2.24) is 24.1 Å². The van der Waals surface area contributed by atoms with Gasteiger partial charge >= 0.3 is 0 Å². The van der Waals surface area contributed by atoms with Crippen LogP contribution in [0.1, 0.15) is 25.1 Å². The number of hydrogen-bond donors (Lipinski definition) is 0. The van der Waals surface area contributed by atoms with Gasteiger partial charge in [-0.25, -0.2) is 14.5 Å². The Morgan fingerprint density at radius 1 is 1.08 bits per heavy atom. The molecular formula is C19H20ClN5. The van der Waals surface area contributed by atoms with Gasteiger partial charge in [-0.2, -0.15) is 0 Å². The SMILES string of the molecule is Cc1c(C)n(CC(C)C)c2ncn3nc(-c4ccc(Cl)cc4)nc3c12. The molecule has 4 aromatic rings. The average molecular weight is 354 g/mol. The molecule has 0 spiro atoms. The van der Waals surface area contributed by atoms with Crippen molar-refractivity contribution in [3.05, 3.63) is 46.9 Å². The van der Waals surface area contributed by atoms with Crippen LogP contribution in [-0.4, -0.2) is 24.1 Å². The van der Waals surface area contributed by atoms with Gasteiger partial charge in [0.1, 0.15) is 12.0 Å². The van der Waals surface area contributed by atoms with Crippen LogP contribution in [0.4, 0.5) is 0 Å². The van der Waals surface area contributed by atoms with Crippen molar-refractivity contribution in [2.24, 2.45) is 5.92 Å². The number of nitrogens with zero attached hydrogens (tertiary/aromatic N) is 5. The van der Waals surface area contributed by atoms with Crippen LogP contribution in [0.25, 0.3) is 28.1 Å². The lowest BCUT2D eigenvalue weighted by Gasteiger charge is -2.10. The second-order valence-electron chi connectivity index (χ2n) is 6.87. The highest BCUT2D eigenvalue weighted by molar-refractivity contribution is 6.30. The highest BCUT2D eigenvalue weighted by Gasteiger charge is 2.18. The summed E-state index contributed by atoms with van der Waals surface area (Å²) in [6.45, 7) is 9.65. The van der Waals surface area contributed by atoms with Gasteiger partial charge in [0.05, 0.1) is 5.39 Å². The second-order valence-corrected chi connectivity index (χ2v) is 7.30. The van der Waals surface area contributed by atoms with Gasteiger partial charge in [-0.05, 0) is 49.6 Å². The van der Waals surface area contributed by atoms with Crippen LogP contribution < -0.4 is 0 Å². The number of hydrogen-bond acceptors (Lipinski definition) is 3. The first-order valence-corrected chi connectivity index (χ1v) is 8.80. The zero-order chi connectivity index (χ0) is 17.7. The Balaban J connectivity index is 1.96. The van der Waals surface area contributed by atoms with E-state index in [2.05, 4.69) is 42.3 Å². The lowest BCUT2D eigenvalue weighted by Crippen LogP contribution is -2.07. The fourth-order valence-electron chi connectivity index (χ4n) is 3.24. The van der Waals surface area contributed by atoms with Gasteiger partial charge in [0.15, 0.2) is 11.5 Å².